The molecule has 0 saturated heterocycles. The lowest BCUT2D eigenvalue weighted by Gasteiger charge is -2.59. The lowest BCUT2D eigenvalue weighted by atomic mass is 9.52. The summed E-state index contributed by atoms with van der Waals surface area (Å²) in [5.74, 6) is 1.77. The molecule has 0 radical (unpaired) electrons. The highest BCUT2D eigenvalue weighted by Crippen LogP contribution is 2.57. The van der Waals surface area contributed by atoms with Crippen molar-refractivity contribution in [1.82, 2.24) is 5.32 Å². The average molecular weight is 394 g/mol. The average Bonchev–Trinajstić information content (AvgIpc) is 2.55. The van der Waals surface area contributed by atoms with E-state index < -0.39 is 17.4 Å². The molecule has 4 unspecified atom stereocenters. The molecule has 5 fully saturated rings. The zero-order valence-electron chi connectivity index (χ0n) is 17.4. The van der Waals surface area contributed by atoms with Gasteiger partial charge in [0.05, 0.1) is 6.10 Å². The summed E-state index contributed by atoms with van der Waals surface area (Å²) < 4.78 is 11.6. The summed E-state index contributed by atoms with van der Waals surface area (Å²) >= 11 is 0. The minimum atomic E-state index is -1.17. The smallest absolute Gasteiger partial charge is 0.450 e. The number of carbonyl (C=O) groups excluding carboxylic acids is 1. The first-order valence-electron chi connectivity index (χ1n) is 11.1. The van der Waals surface area contributed by atoms with Gasteiger partial charge in [0.25, 0.3) is 5.91 Å². The third kappa shape index (κ3) is 3.89. The van der Waals surface area contributed by atoms with Gasteiger partial charge in [-0.2, -0.15) is 0 Å². The fourth-order valence-corrected chi connectivity index (χ4v) is 6.78. The molecule has 158 valence electrons. The topological polar surface area (TPSA) is 84.9 Å². The molecule has 5 aliphatic rings. The highest BCUT2D eigenvalue weighted by atomic mass is 16.7. The quantitative estimate of drug-likeness (QED) is 0.687. The van der Waals surface area contributed by atoms with Crippen LogP contribution in [-0.4, -0.2) is 40.5 Å². The van der Waals surface area contributed by atoms with E-state index in [1.165, 1.54) is 12.8 Å². The summed E-state index contributed by atoms with van der Waals surface area (Å²) in [6.07, 6.45) is 7.92. The van der Waals surface area contributed by atoms with Crippen LogP contribution in [0.4, 0.5) is 4.79 Å². The Morgan fingerprint density at radius 1 is 1.07 bits per heavy atom. The zero-order chi connectivity index (χ0) is 20.1. The van der Waals surface area contributed by atoms with Crippen molar-refractivity contribution in [1.29, 1.82) is 0 Å². The molecule has 0 heterocycles. The lowest BCUT2D eigenvalue weighted by molar-refractivity contribution is -0.167. The molecule has 0 spiro atoms. The van der Waals surface area contributed by atoms with Gasteiger partial charge in [-0.3, -0.25) is 4.79 Å². The van der Waals surface area contributed by atoms with Crippen LogP contribution in [0.15, 0.2) is 0 Å². The first-order chi connectivity index (χ1) is 13.2. The Morgan fingerprint density at radius 2 is 1.75 bits per heavy atom. The predicted octanol–water partition coefficient (Wildman–Crippen LogP) is 4.12. The fraction of sp³-hybridized carbons (Fsp3) is 0.909. The standard InChI is InChI=1S/C22H35NO5/c1-13-5-4-6-17(7-13)27-21(2,3)19(24)23-18-15-8-14-9-16(18)12-22(10-14,11-15)28-20(25)26/h13-18H,4-12H2,1-3H3,(H,23,24)(H,25,26). The fourth-order valence-electron chi connectivity index (χ4n) is 6.78. The second-order valence-electron chi connectivity index (χ2n) is 10.5. The summed E-state index contributed by atoms with van der Waals surface area (Å²) in [4.78, 5) is 24.3. The Hall–Kier alpha value is -1.30. The van der Waals surface area contributed by atoms with Gasteiger partial charge in [-0.25, -0.2) is 4.79 Å². The summed E-state index contributed by atoms with van der Waals surface area (Å²) in [6.45, 7) is 6.02. The highest BCUT2D eigenvalue weighted by Gasteiger charge is 2.58. The van der Waals surface area contributed by atoms with Crippen molar-refractivity contribution in [3.8, 4) is 0 Å². The summed E-state index contributed by atoms with van der Waals surface area (Å²) in [5.41, 5.74) is -1.36. The number of rotatable bonds is 5. The Labute approximate surface area is 167 Å². The third-order valence-electron chi connectivity index (χ3n) is 7.71. The van der Waals surface area contributed by atoms with Gasteiger partial charge in [0.1, 0.15) is 11.2 Å². The molecular formula is C22H35NO5. The van der Waals surface area contributed by atoms with E-state index in [1.54, 1.807) is 0 Å². The van der Waals surface area contributed by atoms with Gasteiger partial charge >= 0.3 is 6.16 Å². The van der Waals surface area contributed by atoms with Crippen molar-refractivity contribution < 1.29 is 24.2 Å². The molecule has 0 aliphatic heterocycles. The van der Waals surface area contributed by atoms with Crippen molar-refractivity contribution in [2.75, 3.05) is 0 Å². The van der Waals surface area contributed by atoms with E-state index in [-0.39, 0.29) is 18.1 Å². The van der Waals surface area contributed by atoms with Gasteiger partial charge in [0, 0.05) is 6.04 Å². The molecule has 5 aliphatic carbocycles. The lowest BCUT2D eigenvalue weighted by Crippen LogP contribution is -2.64. The molecule has 0 aromatic carbocycles. The van der Waals surface area contributed by atoms with Gasteiger partial charge in [0.15, 0.2) is 0 Å². The number of hydrogen-bond acceptors (Lipinski definition) is 4. The van der Waals surface area contributed by atoms with E-state index in [9.17, 15) is 9.59 Å². The molecule has 4 atom stereocenters. The van der Waals surface area contributed by atoms with E-state index in [1.807, 2.05) is 13.8 Å². The van der Waals surface area contributed by atoms with Crippen LogP contribution in [0.1, 0.15) is 78.6 Å². The molecule has 4 bridgehead atoms. The van der Waals surface area contributed by atoms with Gasteiger partial charge in [-0.15, -0.1) is 0 Å². The monoisotopic (exact) mass is 393 g/mol. The molecule has 5 rings (SSSR count). The summed E-state index contributed by atoms with van der Waals surface area (Å²) in [6, 6.07) is 0.114. The number of nitrogens with one attached hydrogen (secondary N) is 1. The molecule has 0 aromatic heterocycles. The van der Waals surface area contributed by atoms with E-state index in [0.717, 1.165) is 44.9 Å². The molecule has 28 heavy (non-hydrogen) atoms. The van der Waals surface area contributed by atoms with Crippen LogP contribution in [0.2, 0.25) is 0 Å². The third-order valence-corrected chi connectivity index (χ3v) is 7.71. The Kier molecular flexibility index (Phi) is 5.13. The maximum atomic E-state index is 13.1. The number of hydrogen-bond donors (Lipinski definition) is 2. The van der Waals surface area contributed by atoms with E-state index >= 15 is 0 Å². The Balaban J connectivity index is 1.39. The van der Waals surface area contributed by atoms with Crippen molar-refractivity contribution in [2.24, 2.45) is 23.7 Å². The maximum absolute atomic E-state index is 13.1. The van der Waals surface area contributed by atoms with Crippen LogP contribution in [0.25, 0.3) is 0 Å². The highest BCUT2D eigenvalue weighted by molar-refractivity contribution is 5.84. The van der Waals surface area contributed by atoms with Gasteiger partial charge in [-0.05, 0) is 82.5 Å². The zero-order valence-corrected chi connectivity index (χ0v) is 17.4. The van der Waals surface area contributed by atoms with Crippen molar-refractivity contribution in [2.45, 2.75) is 102 Å². The van der Waals surface area contributed by atoms with Gasteiger partial charge < -0.3 is 19.9 Å². The number of ether oxygens (including phenoxy) is 2. The number of amides is 1. The van der Waals surface area contributed by atoms with Crippen LogP contribution in [0.3, 0.4) is 0 Å². The predicted molar refractivity (Wildman–Crippen MR) is 104 cm³/mol. The molecule has 0 aromatic rings. The normalized spacial score (nSPS) is 42.2. The van der Waals surface area contributed by atoms with Crippen molar-refractivity contribution in [3.05, 3.63) is 0 Å². The number of carbonyl (C=O) groups is 2. The second kappa shape index (κ2) is 7.19. The largest absolute Gasteiger partial charge is 0.506 e. The van der Waals surface area contributed by atoms with E-state index in [0.29, 0.717) is 23.7 Å². The molecule has 6 heteroatoms. The molecule has 2 N–H and O–H groups in total. The second-order valence-corrected chi connectivity index (χ2v) is 10.5. The SMILES string of the molecule is CC1CCCC(OC(C)(C)C(=O)NC2C3CC4CC2CC(OC(=O)O)(C4)C3)C1. The minimum Gasteiger partial charge on any atom is -0.450 e. The van der Waals surface area contributed by atoms with Crippen LogP contribution < -0.4 is 5.32 Å². The molecule has 1 amide bonds. The van der Waals surface area contributed by atoms with Gasteiger partial charge in [0.2, 0.25) is 0 Å². The Bertz CT molecular complexity index is 616. The van der Waals surface area contributed by atoms with Crippen molar-refractivity contribution in [3.63, 3.8) is 0 Å². The van der Waals surface area contributed by atoms with Crippen LogP contribution in [0.5, 0.6) is 0 Å². The van der Waals surface area contributed by atoms with Crippen molar-refractivity contribution >= 4 is 12.1 Å². The van der Waals surface area contributed by atoms with Crippen LogP contribution in [-0.2, 0) is 14.3 Å². The van der Waals surface area contributed by atoms with E-state index in [2.05, 4.69) is 12.2 Å². The summed E-state index contributed by atoms with van der Waals surface area (Å²) in [7, 11) is 0. The van der Waals surface area contributed by atoms with Crippen LogP contribution >= 0.6 is 0 Å². The Morgan fingerprint density at radius 3 is 2.36 bits per heavy atom. The molecule has 5 saturated carbocycles. The van der Waals surface area contributed by atoms with Crippen LogP contribution in [0, 0.1) is 23.7 Å². The first kappa shape index (κ1) is 20.0. The van der Waals surface area contributed by atoms with E-state index in [4.69, 9.17) is 14.6 Å². The minimum absolute atomic E-state index is 0.0311. The first-order valence-corrected chi connectivity index (χ1v) is 11.1. The molecule has 6 nitrogen and oxygen atoms in total. The van der Waals surface area contributed by atoms with Gasteiger partial charge in [-0.1, -0.05) is 19.8 Å². The maximum Gasteiger partial charge on any atom is 0.506 e. The molecular weight excluding hydrogens is 358 g/mol. The number of carboxylic acid groups (broad SMARTS) is 1. The summed E-state index contributed by atoms with van der Waals surface area (Å²) in [5, 5.41) is 12.5.